The summed E-state index contributed by atoms with van der Waals surface area (Å²) in [5.74, 6) is -0.491. The summed E-state index contributed by atoms with van der Waals surface area (Å²) in [7, 11) is 0. The molecule has 0 aliphatic carbocycles. The van der Waals surface area contributed by atoms with Crippen LogP contribution in [0.25, 0.3) is 0 Å². The van der Waals surface area contributed by atoms with Gasteiger partial charge in [0.15, 0.2) is 0 Å². The summed E-state index contributed by atoms with van der Waals surface area (Å²) >= 11 is 0. The molecule has 36 heavy (non-hydrogen) atoms. The predicted octanol–water partition coefficient (Wildman–Crippen LogP) is 6.26. The van der Waals surface area contributed by atoms with Gasteiger partial charge in [0.25, 0.3) is 11.8 Å². The number of carbonyl (C=O) groups is 2. The van der Waals surface area contributed by atoms with E-state index in [1.807, 2.05) is 36.4 Å². The average Bonchev–Trinajstić information content (AvgIpc) is 3.23. The molecule has 1 aliphatic rings. The van der Waals surface area contributed by atoms with Crippen LogP contribution in [0.5, 0.6) is 0 Å². The highest BCUT2D eigenvalue weighted by atomic mass is 16.2. The van der Waals surface area contributed by atoms with Crippen LogP contribution in [0.15, 0.2) is 103 Å². The SMILES string of the molecule is CCc1ccc2c(c1C(C)c1ccccc1)C(=O)NC2=O.c1ccc(CNCc2ccccc2)cc1. The Morgan fingerprint density at radius 1 is 0.694 bits per heavy atom. The molecule has 0 aromatic heterocycles. The summed E-state index contributed by atoms with van der Waals surface area (Å²) in [4.78, 5) is 24.0. The fourth-order valence-electron chi connectivity index (χ4n) is 4.58. The molecule has 0 bridgehead atoms. The molecule has 2 N–H and O–H groups in total. The first-order valence-corrected chi connectivity index (χ1v) is 12.4. The van der Waals surface area contributed by atoms with Crippen molar-refractivity contribution in [2.75, 3.05) is 0 Å². The maximum atomic E-state index is 12.2. The second-order valence-corrected chi connectivity index (χ2v) is 8.90. The van der Waals surface area contributed by atoms with E-state index in [4.69, 9.17) is 0 Å². The van der Waals surface area contributed by atoms with Gasteiger partial charge in [-0.25, -0.2) is 0 Å². The molecule has 1 atom stereocenters. The quantitative estimate of drug-likeness (QED) is 0.310. The van der Waals surface area contributed by atoms with Gasteiger partial charge < -0.3 is 5.32 Å². The third-order valence-electron chi connectivity index (χ3n) is 6.49. The third-order valence-corrected chi connectivity index (χ3v) is 6.49. The second kappa shape index (κ2) is 12.1. The van der Waals surface area contributed by atoms with Gasteiger partial charge in [-0.15, -0.1) is 0 Å². The summed E-state index contributed by atoms with van der Waals surface area (Å²) < 4.78 is 0. The molecule has 4 aromatic rings. The number of rotatable bonds is 7. The average molecular weight is 477 g/mol. The van der Waals surface area contributed by atoms with E-state index in [-0.39, 0.29) is 17.7 Å². The zero-order valence-electron chi connectivity index (χ0n) is 20.8. The molecule has 0 spiro atoms. The van der Waals surface area contributed by atoms with Crippen molar-refractivity contribution in [1.29, 1.82) is 0 Å². The first-order chi connectivity index (χ1) is 17.6. The van der Waals surface area contributed by atoms with Crippen LogP contribution in [0, 0.1) is 0 Å². The Kier molecular flexibility index (Phi) is 8.43. The summed E-state index contributed by atoms with van der Waals surface area (Å²) in [6, 6.07) is 34.7. The fourth-order valence-corrected chi connectivity index (χ4v) is 4.58. The van der Waals surface area contributed by atoms with Crippen molar-refractivity contribution in [3.8, 4) is 0 Å². The highest BCUT2D eigenvalue weighted by Crippen LogP contribution is 2.34. The van der Waals surface area contributed by atoms with Crippen LogP contribution in [0.2, 0.25) is 0 Å². The Hall–Kier alpha value is -4.02. The second-order valence-electron chi connectivity index (χ2n) is 8.90. The number of hydrogen-bond acceptors (Lipinski definition) is 3. The molecule has 0 radical (unpaired) electrons. The van der Waals surface area contributed by atoms with Crippen LogP contribution in [0.4, 0.5) is 0 Å². The Morgan fingerprint density at radius 3 is 1.75 bits per heavy atom. The van der Waals surface area contributed by atoms with E-state index in [0.717, 1.165) is 36.2 Å². The van der Waals surface area contributed by atoms with Crippen molar-refractivity contribution in [2.24, 2.45) is 0 Å². The highest BCUT2D eigenvalue weighted by Gasteiger charge is 2.32. The van der Waals surface area contributed by atoms with E-state index in [0.29, 0.717) is 11.1 Å². The molecule has 4 nitrogen and oxygen atoms in total. The maximum Gasteiger partial charge on any atom is 0.259 e. The molecule has 4 aromatic carbocycles. The van der Waals surface area contributed by atoms with Crippen LogP contribution in [-0.2, 0) is 19.5 Å². The summed E-state index contributed by atoms with van der Waals surface area (Å²) in [5, 5.41) is 5.82. The lowest BCUT2D eigenvalue weighted by Crippen LogP contribution is -2.20. The van der Waals surface area contributed by atoms with Gasteiger partial charge in [0.05, 0.1) is 11.1 Å². The molecule has 0 saturated carbocycles. The van der Waals surface area contributed by atoms with Crippen molar-refractivity contribution < 1.29 is 9.59 Å². The Labute approximate surface area is 213 Å². The normalized spacial score (nSPS) is 12.8. The Bertz CT molecular complexity index is 1260. The minimum atomic E-state index is -0.292. The molecular formula is C32H32N2O2. The molecule has 1 aliphatic heterocycles. The van der Waals surface area contributed by atoms with Crippen molar-refractivity contribution in [3.05, 3.63) is 142 Å². The smallest absolute Gasteiger partial charge is 0.259 e. The van der Waals surface area contributed by atoms with Gasteiger partial charge in [-0.1, -0.05) is 111 Å². The van der Waals surface area contributed by atoms with Crippen molar-refractivity contribution in [3.63, 3.8) is 0 Å². The molecule has 2 amide bonds. The monoisotopic (exact) mass is 476 g/mol. The van der Waals surface area contributed by atoms with E-state index in [9.17, 15) is 9.59 Å². The maximum absolute atomic E-state index is 12.2. The number of benzene rings is 4. The van der Waals surface area contributed by atoms with Gasteiger partial charge >= 0.3 is 0 Å². The molecule has 5 rings (SSSR count). The van der Waals surface area contributed by atoms with E-state index in [2.05, 4.69) is 85.1 Å². The van der Waals surface area contributed by atoms with E-state index in [1.165, 1.54) is 11.1 Å². The number of carbonyl (C=O) groups excluding carboxylic acids is 2. The van der Waals surface area contributed by atoms with E-state index in [1.54, 1.807) is 6.07 Å². The van der Waals surface area contributed by atoms with Crippen LogP contribution in [0.1, 0.15) is 68.3 Å². The molecule has 0 fully saturated rings. The first-order valence-electron chi connectivity index (χ1n) is 12.4. The van der Waals surface area contributed by atoms with Crippen molar-refractivity contribution >= 4 is 11.8 Å². The van der Waals surface area contributed by atoms with Gasteiger partial charge in [0.1, 0.15) is 0 Å². The topological polar surface area (TPSA) is 58.2 Å². The predicted molar refractivity (Wildman–Crippen MR) is 145 cm³/mol. The standard InChI is InChI=1S/C18H17NO2.C14H15N/c1-3-12-9-10-14-16(18(21)19-17(14)20)15(12)11(2)13-7-5-4-6-8-13;1-3-7-13(8-4-1)11-15-12-14-9-5-2-6-10-14/h4-11H,3H2,1-2H3,(H,19,20,21);1-10,15H,11-12H2. The number of aryl methyl sites for hydroxylation is 1. The lowest BCUT2D eigenvalue weighted by Gasteiger charge is -2.19. The van der Waals surface area contributed by atoms with Crippen molar-refractivity contribution in [1.82, 2.24) is 10.6 Å². The number of hydrogen-bond donors (Lipinski definition) is 2. The molecule has 182 valence electrons. The molecule has 4 heteroatoms. The molecule has 1 heterocycles. The summed E-state index contributed by atoms with van der Waals surface area (Å²) in [6.45, 7) is 6.00. The third kappa shape index (κ3) is 5.96. The van der Waals surface area contributed by atoms with E-state index < -0.39 is 0 Å². The number of nitrogens with one attached hydrogen (secondary N) is 2. The van der Waals surface area contributed by atoms with E-state index >= 15 is 0 Å². The van der Waals surface area contributed by atoms with Gasteiger partial charge in [-0.2, -0.15) is 0 Å². The highest BCUT2D eigenvalue weighted by molar-refractivity contribution is 6.22. The minimum absolute atomic E-state index is 0.0766. The minimum Gasteiger partial charge on any atom is -0.309 e. The van der Waals surface area contributed by atoms with Gasteiger partial charge in [-0.3, -0.25) is 14.9 Å². The number of amides is 2. The van der Waals surface area contributed by atoms with Crippen LogP contribution < -0.4 is 10.6 Å². The van der Waals surface area contributed by atoms with Gasteiger partial charge in [-0.05, 0) is 40.3 Å². The Balaban J connectivity index is 0.000000179. The zero-order chi connectivity index (χ0) is 25.3. The van der Waals surface area contributed by atoms with Crippen molar-refractivity contribution in [2.45, 2.75) is 39.3 Å². The number of imide groups is 1. The first kappa shape index (κ1) is 25.1. The molecule has 0 saturated heterocycles. The summed E-state index contributed by atoms with van der Waals surface area (Å²) in [6.07, 6.45) is 0.835. The summed E-state index contributed by atoms with van der Waals surface area (Å²) in [5.41, 5.74) is 6.94. The zero-order valence-corrected chi connectivity index (χ0v) is 20.8. The molecular weight excluding hydrogens is 444 g/mol. The largest absolute Gasteiger partial charge is 0.309 e. The number of fused-ring (bicyclic) bond motifs is 1. The lowest BCUT2D eigenvalue weighted by atomic mass is 9.84. The van der Waals surface area contributed by atoms with Crippen LogP contribution >= 0.6 is 0 Å². The van der Waals surface area contributed by atoms with Crippen LogP contribution in [0.3, 0.4) is 0 Å². The lowest BCUT2D eigenvalue weighted by molar-refractivity contribution is 0.0879. The van der Waals surface area contributed by atoms with Gasteiger partial charge in [0, 0.05) is 19.0 Å². The Morgan fingerprint density at radius 2 is 1.22 bits per heavy atom. The van der Waals surface area contributed by atoms with Gasteiger partial charge in [0.2, 0.25) is 0 Å². The van der Waals surface area contributed by atoms with Crippen LogP contribution in [-0.4, -0.2) is 11.8 Å². The fraction of sp³-hybridized carbons (Fsp3) is 0.188. The molecule has 1 unspecified atom stereocenters.